The van der Waals surface area contributed by atoms with Crippen LogP contribution in [0.15, 0.2) is 23.1 Å². The number of carbonyl (C=O) groups excluding carboxylic acids is 1. The predicted molar refractivity (Wildman–Crippen MR) is 72.6 cm³/mol. The predicted octanol–water partition coefficient (Wildman–Crippen LogP) is 2.04. The van der Waals surface area contributed by atoms with Crippen LogP contribution >= 0.6 is 11.8 Å². The summed E-state index contributed by atoms with van der Waals surface area (Å²) in [5.41, 5.74) is 7.82. The monoisotopic (exact) mass is 250 g/mol. The topological polar surface area (TPSA) is 46.3 Å². The number of hydrogen-bond acceptors (Lipinski definition) is 3. The first-order valence-corrected chi connectivity index (χ1v) is 6.93. The van der Waals surface area contributed by atoms with Gasteiger partial charge in [0, 0.05) is 24.1 Å². The lowest BCUT2D eigenvalue weighted by Gasteiger charge is -2.26. The molecule has 1 amide bonds. The van der Waals surface area contributed by atoms with Gasteiger partial charge in [-0.25, -0.2) is 0 Å². The van der Waals surface area contributed by atoms with Gasteiger partial charge < -0.3 is 10.6 Å². The molecule has 2 N–H and O–H groups in total. The number of thioether (sulfide) groups is 1. The molecule has 0 fully saturated rings. The number of aryl methyl sites for hydroxylation is 1. The molecule has 0 spiro atoms. The van der Waals surface area contributed by atoms with Crippen LogP contribution in [0.1, 0.15) is 18.4 Å². The molecule has 0 bridgehead atoms. The van der Waals surface area contributed by atoms with E-state index < -0.39 is 0 Å². The van der Waals surface area contributed by atoms with E-state index >= 15 is 0 Å². The summed E-state index contributed by atoms with van der Waals surface area (Å²) in [5.74, 6) is 1.27. The maximum Gasteiger partial charge on any atom is 0.227 e. The van der Waals surface area contributed by atoms with Gasteiger partial charge in [-0.15, -0.1) is 11.8 Å². The van der Waals surface area contributed by atoms with Gasteiger partial charge in [-0.3, -0.25) is 4.79 Å². The first kappa shape index (κ1) is 12.5. The molecule has 17 heavy (non-hydrogen) atoms. The highest BCUT2D eigenvalue weighted by molar-refractivity contribution is 7.99. The number of rotatable bonds is 4. The van der Waals surface area contributed by atoms with Gasteiger partial charge in [0.25, 0.3) is 0 Å². The largest absolute Gasteiger partial charge is 0.330 e. The van der Waals surface area contributed by atoms with Crippen molar-refractivity contribution in [2.24, 2.45) is 5.73 Å². The van der Waals surface area contributed by atoms with Gasteiger partial charge in [0.1, 0.15) is 0 Å². The number of anilines is 1. The lowest BCUT2D eigenvalue weighted by atomic mass is 10.0. The number of hydrogen-bond donors (Lipinski definition) is 1. The van der Waals surface area contributed by atoms with Gasteiger partial charge in [0.15, 0.2) is 0 Å². The van der Waals surface area contributed by atoms with E-state index in [1.807, 2.05) is 18.8 Å². The zero-order chi connectivity index (χ0) is 12.3. The second-order valence-electron chi connectivity index (χ2n) is 4.23. The van der Waals surface area contributed by atoms with Crippen LogP contribution < -0.4 is 10.6 Å². The summed E-state index contributed by atoms with van der Waals surface area (Å²) in [7, 11) is 1.85. The lowest BCUT2D eigenvalue weighted by Crippen LogP contribution is -2.30. The summed E-state index contributed by atoms with van der Waals surface area (Å²) in [6.07, 6.45) is 2.53. The molecule has 1 aromatic carbocycles. The quantitative estimate of drug-likeness (QED) is 0.657. The Balaban J connectivity index is 2.12. The number of nitrogens with zero attached hydrogens (tertiary/aromatic N) is 1. The summed E-state index contributed by atoms with van der Waals surface area (Å²) < 4.78 is 0. The molecular weight excluding hydrogens is 232 g/mol. The van der Waals surface area contributed by atoms with Crippen LogP contribution in [0, 0.1) is 0 Å². The first-order valence-electron chi connectivity index (χ1n) is 5.94. The fraction of sp³-hybridized carbons (Fsp3) is 0.462. The highest BCUT2D eigenvalue weighted by Crippen LogP contribution is 2.31. The van der Waals surface area contributed by atoms with Crippen LogP contribution in [0.5, 0.6) is 0 Å². The normalized spacial score (nSPS) is 14.9. The highest BCUT2D eigenvalue weighted by atomic mass is 32.2. The number of fused-ring (bicyclic) bond motifs is 1. The van der Waals surface area contributed by atoms with Crippen molar-refractivity contribution in [1.29, 1.82) is 0 Å². The van der Waals surface area contributed by atoms with Crippen molar-refractivity contribution in [3.8, 4) is 0 Å². The van der Waals surface area contributed by atoms with Gasteiger partial charge in [-0.2, -0.15) is 0 Å². The van der Waals surface area contributed by atoms with Gasteiger partial charge in [-0.05, 0) is 48.9 Å². The van der Waals surface area contributed by atoms with Crippen LogP contribution in [-0.4, -0.2) is 25.3 Å². The molecule has 1 heterocycles. The molecule has 0 atom stereocenters. The second-order valence-corrected chi connectivity index (χ2v) is 5.40. The summed E-state index contributed by atoms with van der Waals surface area (Å²) in [5, 5.41) is 0. The molecule has 1 aliphatic heterocycles. The van der Waals surface area contributed by atoms with Crippen LogP contribution in [-0.2, 0) is 11.2 Å². The van der Waals surface area contributed by atoms with Crippen LogP contribution in [0.2, 0.25) is 0 Å². The molecule has 0 saturated carbocycles. The Morgan fingerprint density at radius 3 is 3.00 bits per heavy atom. The van der Waals surface area contributed by atoms with Crippen molar-refractivity contribution in [3.05, 3.63) is 23.8 Å². The van der Waals surface area contributed by atoms with E-state index in [0.29, 0.717) is 6.42 Å². The average Bonchev–Trinajstić information content (AvgIpc) is 2.34. The second kappa shape index (κ2) is 5.56. The number of amides is 1. The lowest BCUT2D eigenvalue weighted by molar-refractivity contribution is -0.118. The Morgan fingerprint density at radius 2 is 2.24 bits per heavy atom. The van der Waals surface area contributed by atoms with Gasteiger partial charge in [-0.1, -0.05) is 0 Å². The van der Waals surface area contributed by atoms with Crippen molar-refractivity contribution in [2.75, 3.05) is 24.2 Å². The summed E-state index contributed by atoms with van der Waals surface area (Å²) in [4.78, 5) is 14.6. The zero-order valence-corrected chi connectivity index (χ0v) is 10.9. The van der Waals surface area contributed by atoms with Gasteiger partial charge in [0.2, 0.25) is 5.91 Å². The molecule has 0 saturated heterocycles. The van der Waals surface area contributed by atoms with Gasteiger partial charge >= 0.3 is 0 Å². The van der Waals surface area contributed by atoms with E-state index in [4.69, 9.17) is 5.73 Å². The number of carbonyl (C=O) groups is 1. The number of nitrogens with two attached hydrogens (primary N) is 1. The van der Waals surface area contributed by atoms with Gasteiger partial charge in [0.05, 0.1) is 0 Å². The Morgan fingerprint density at radius 1 is 1.41 bits per heavy atom. The molecular formula is C13H18N2OS. The molecule has 0 aliphatic carbocycles. The third-order valence-electron chi connectivity index (χ3n) is 3.01. The summed E-state index contributed by atoms with van der Waals surface area (Å²) >= 11 is 1.84. The average molecular weight is 250 g/mol. The first-order chi connectivity index (χ1) is 8.22. The van der Waals surface area contributed by atoms with Crippen molar-refractivity contribution in [2.45, 2.75) is 24.2 Å². The minimum Gasteiger partial charge on any atom is -0.330 e. The molecule has 1 aromatic rings. The van der Waals surface area contributed by atoms with Crippen molar-refractivity contribution < 1.29 is 4.79 Å². The molecule has 0 aromatic heterocycles. The maximum absolute atomic E-state index is 11.6. The molecule has 92 valence electrons. The van der Waals surface area contributed by atoms with E-state index in [1.165, 1.54) is 10.5 Å². The standard InChI is InChI=1S/C13H18N2OS/c1-15-12-5-4-11(17-8-2-7-14)9-10(12)3-6-13(15)16/h4-5,9H,2-3,6-8,14H2,1H3. The van der Waals surface area contributed by atoms with E-state index in [1.54, 1.807) is 4.90 Å². The highest BCUT2D eigenvalue weighted by Gasteiger charge is 2.20. The number of benzene rings is 1. The van der Waals surface area contributed by atoms with E-state index in [2.05, 4.69) is 18.2 Å². The smallest absolute Gasteiger partial charge is 0.227 e. The zero-order valence-electron chi connectivity index (χ0n) is 10.1. The maximum atomic E-state index is 11.6. The Labute approximate surface area is 106 Å². The fourth-order valence-electron chi connectivity index (χ4n) is 2.00. The Bertz CT molecular complexity index is 420. The van der Waals surface area contributed by atoms with Crippen molar-refractivity contribution in [1.82, 2.24) is 0 Å². The Hall–Kier alpha value is -1.00. The third-order valence-corrected chi connectivity index (χ3v) is 4.09. The minimum atomic E-state index is 0.209. The molecule has 0 unspecified atom stereocenters. The molecule has 4 heteroatoms. The van der Waals surface area contributed by atoms with E-state index in [-0.39, 0.29) is 5.91 Å². The molecule has 1 aliphatic rings. The summed E-state index contributed by atoms with van der Waals surface area (Å²) in [6, 6.07) is 6.35. The Kier molecular flexibility index (Phi) is 4.07. The molecule has 3 nitrogen and oxygen atoms in total. The summed E-state index contributed by atoms with van der Waals surface area (Å²) in [6.45, 7) is 0.745. The fourth-order valence-corrected chi connectivity index (χ4v) is 2.93. The van der Waals surface area contributed by atoms with Crippen molar-refractivity contribution >= 4 is 23.4 Å². The van der Waals surface area contributed by atoms with E-state index in [0.717, 1.165) is 30.8 Å². The van der Waals surface area contributed by atoms with Crippen LogP contribution in [0.3, 0.4) is 0 Å². The molecule has 0 radical (unpaired) electrons. The van der Waals surface area contributed by atoms with E-state index in [9.17, 15) is 4.79 Å². The SMILES string of the molecule is CN1C(=O)CCc2cc(SCCCN)ccc21. The van der Waals surface area contributed by atoms with Crippen molar-refractivity contribution in [3.63, 3.8) is 0 Å². The third kappa shape index (κ3) is 2.82. The molecule has 2 rings (SSSR count). The van der Waals surface area contributed by atoms with Crippen LogP contribution in [0.25, 0.3) is 0 Å². The minimum absolute atomic E-state index is 0.209. The van der Waals surface area contributed by atoms with Crippen LogP contribution in [0.4, 0.5) is 5.69 Å².